The van der Waals surface area contributed by atoms with Crippen LogP contribution >= 0.6 is 0 Å². The predicted molar refractivity (Wildman–Crippen MR) is 62.2 cm³/mol. The molecule has 80 valence electrons. The maximum Gasteiger partial charge on any atom is 0.00160 e. The Morgan fingerprint density at radius 3 is 2.64 bits per heavy atom. The number of nitrogens with two attached hydrogens (primary N) is 1. The van der Waals surface area contributed by atoms with Crippen LogP contribution in [0, 0.1) is 0 Å². The zero-order valence-electron chi connectivity index (χ0n) is 8.99. The van der Waals surface area contributed by atoms with Gasteiger partial charge < -0.3 is 10.6 Å². The van der Waals surface area contributed by atoms with Crippen molar-refractivity contribution in [3.8, 4) is 0 Å². The van der Waals surface area contributed by atoms with Crippen molar-refractivity contribution >= 4 is 0 Å². The molecule has 0 aliphatic carbocycles. The minimum atomic E-state index is 0.812. The third kappa shape index (κ3) is 5.20. The lowest BCUT2D eigenvalue weighted by Crippen LogP contribution is -2.28. The van der Waals surface area contributed by atoms with Gasteiger partial charge in [-0.15, -0.1) is 0 Å². The van der Waals surface area contributed by atoms with E-state index in [2.05, 4.69) is 29.2 Å². The second kappa shape index (κ2) is 7.77. The Labute approximate surface area is 87.5 Å². The van der Waals surface area contributed by atoms with Crippen molar-refractivity contribution in [2.75, 3.05) is 26.2 Å². The number of rotatable bonds is 3. The van der Waals surface area contributed by atoms with Crippen LogP contribution < -0.4 is 5.73 Å². The third-order valence-corrected chi connectivity index (χ3v) is 2.52. The molecule has 0 saturated carbocycles. The number of hydrogen-bond donors (Lipinski definition) is 1. The van der Waals surface area contributed by atoms with Crippen molar-refractivity contribution in [1.29, 1.82) is 0 Å². The molecule has 0 aromatic carbocycles. The quantitative estimate of drug-likeness (QED) is 0.744. The summed E-state index contributed by atoms with van der Waals surface area (Å²) in [6, 6.07) is 0. The summed E-state index contributed by atoms with van der Waals surface area (Å²) in [5, 5.41) is 0. The van der Waals surface area contributed by atoms with E-state index in [0.29, 0.717) is 0 Å². The molecule has 0 spiro atoms. The van der Waals surface area contributed by atoms with E-state index in [1.807, 2.05) is 0 Å². The van der Waals surface area contributed by atoms with E-state index in [1.165, 1.54) is 25.9 Å². The largest absolute Gasteiger partial charge is 0.330 e. The molecule has 14 heavy (non-hydrogen) atoms. The van der Waals surface area contributed by atoms with Crippen molar-refractivity contribution < 1.29 is 0 Å². The second-order valence-corrected chi connectivity index (χ2v) is 3.77. The van der Waals surface area contributed by atoms with Crippen LogP contribution in [0.15, 0.2) is 24.3 Å². The van der Waals surface area contributed by atoms with Gasteiger partial charge in [-0.05, 0) is 45.3 Å². The summed E-state index contributed by atoms with van der Waals surface area (Å²) in [4.78, 5) is 2.52. The van der Waals surface area contributed by atoms with Crippen LogP contribution in [0.1, 0.15) is 25.7 Å². The number of allylic oxidation sites excluding steroid dienone is 3. The Balaban J connectivity index is 2.29. The van der Waals surface area contributed by atoms with E-state index in [0.717, 1.165) is 25.9 Å². The van der Waals surface area contributed by atoms with Crippen LogP contribution in [0.3, 0.4) is 0 Å². The zero-order chi connectivity index (χ0) is 10.1. The second-order valence-electron chi connectivity index (χ2n) is 3.77. The third-order valence-electron chi connectivity index (χ3n) is 2.52. The lowest BCUT2D eigenvalue weighted by Gasteiger charge is -2.21. The van der Waals surface area contributed by atoms with E-state index in [-0.39, 0.29) is 0 Å². The van der Waals surface area contributed by atoms with Gasteiger partial charge in [0.1, 0.15) is 0 Å². The molecule has 0 bridgehead atoms. The standard InChI is InChI=1S/C12H22N2/c13-9-8-12-14-10-6-4-2-1-3-5-7-11-14/h1-4H,5-13H2/b3-1-,4-2-. The van der Waals surface area contributed by atoms with Gasteiger partial charge in [0, 0.05) is 6.54 Å². The first-order chi connectivity index (χ1) is 6.93. The maximum atomic E-state index is 5.52. The van der Waals surface area contributed by atoms with Crippen molar-refractivity contribution in [2.45, 2.75) is 25.7 Å². The normalized spacial score (nSPS) is 24.4. The van der Waals surface area contributed by atoms with Crippen LogP contribution in [0.25, 0.3) is 0 Å². The first-order valence-electron chi connectivity index (χ1n) is 5.67. The van der Waals surface area contributed by atoms with Crippen LogP contribution in [-0.4, -0.2) is 31.1 Å². The minimum absolute atomic E-state index is 0.812. The maximum absolute atomic E-state index is 5.52. The Morgan fingerprint density at radius 1 is 1.07 bits per heavy atom. The van der Waals surface area contributed by atoms with Gasteiger partial charge in [-0.3, -0.25) is 0 Å². The SMILES string of the molecule is NCCCN1CC/C=C\C=C/CCC1. The predicted octanol–water partition coefficient (Wildman–Crippen LogP) is 1.93. The summed E-state index contributed by atoms with van der Waals surface area (Å²) in [7, 11) is 0. The Hall–Kier alpha value is -0.600. The summed E-state index contributed by atoms with van der Waals surface area (Å²) >= 11 is 0. The molecule has 1 aliphatic heterocycles. The molecule has 0 saturated heterocycles. The lowest BCUT2D eigenvalue weighted by molar-refractivity contribution is 0.274. The molecule has 1 heterocycles. The van der Waals surface area contributed by atoms with Gasteiger partial charge in [0.25, 0.3) is 0 Å². The molecule has 1 aliphatic rings. The highest BCUT2D eigenvalue weighted by atomic mass is 15.1. The van der Waals surface area contributed by atoms with Gasteiger partial charge in [0.2, 0.25) is 0 Å². The van der Waals surface area contributed by atoms with E-state index >= 15 is 0 Å². The number of nitrogens with zero attached hydrogens (tertiary/aromatic N) is 1. The van der Waals surface area contributed by atoms with Gasteiger partial charge in [-0.1, -0.05) is 24.3 Å². The Kier molecular flexibility index (Phi) is 6.37. The zero-order valence-corrected chi connectivity index (χ0v) is 8.99. The van der Waals surface area contributed by atoms with E-state index in [4.69, 9.17) is 5.73 Å². The van der Waals surface area contributed by atoms with Crippen LogP contribution in [0.5, 0.6) is 0 Å². The summed E-state index contributed by atoms with van der Waals surface area (Å²) in [5.41, 5.74) is 5.52. The highest BCUT2D eigenvalue weighted by Gasteiger charge is 2.02. The summed E-state index contributed by atoms with van der Waals surface area (Å²) < 4.78 is 0. The van der Waals surface area contributed by atoms with E-state index in [9.17, 15) is 0 Å². The number of hydrogen-bond acceptors (Lipinski definition) is 2. The molecule has 0 amide bonds. The van der Waals surface area contributed by atoms with Crippen molar-refractivity contribution in [1.82, 2.24) is 4.90 Å². The molecular weight excluding hydrogens is 172 g/mol. The van der Waals surface area contributed by atoms with Crippen LogP contribution in [0.2, 0.25) is 0 Å². The van der Waals surface area contributed by atoms with Gasteiger partial charge in [0.15, 0.2) is 0 Å². The summed E-state index contributed by atoms with van der Waals surface area (Å²) in [6.45, 7) is 4.38. The molecule has 0 aromatic rings. The molecule has 0 fully saturated rings. The van der Waals surface area contributed by atoms with Crippen molar-refractivity contribution in [2.24, 2.45) is 5.73 Å². The summed E-state index contributed by atoms with van der Waals surface area (Å²) in [5.74, 6) is 0. The summed E-state index contributed by atoms with van der Waals surface area (Å²) in [6.07, 6.45) is 13.6. The molecule has 1 rings (SSSR count). The van der Waals surface area contributed by atoms with E-state index in [1.54, 1.807) is 0 Å². The molecule has 0 radical (unpaired) electrons. The molecule has 2 heteroatoms. The van der Waals surface area contributed by atoms with Gasteiger partial charge in [0.05, 0.1) is 0 Å². The molecule has 2 N–H and O–H groups in total. The minimum Gasteiger partial charge on any atom is -0.330 e. The first kappa shape index (κ1) is 11.5. The average Bonchev–Trinajstić information content (AvgIpc) is 2.23. The topological polar surface area (TPSA) is 29.3 Å². The van der Waals surface area contributed by atoms with Gasteiger partial charge in [-0.25, -0.2) is 0 Å². The fourth-order valence-electron chi connectivity index (χ4n) is 1.69. The average molecular weight is 194 g/mol. The first-order valence-corrected chi connectivity index (χ1v) is 5.67. The molecule has 0 unspecified atom stereocenters. The molecule has 0 aromatic heterocycles. The van der Waals surface area contributed by atoms with Gasteiger partial charge >= 0.3 is 0 Å². The highest BCUT2D eigenvalue weighted by Crippen LogP contribution is 2.02. The Morgan fingerprint density at radius 2 is 1.86 bits per heavy atom. The monoisotopic (exact) mass is 194 g/mol. The van der Waals surface area contributed by atoms with Crippen LogP contribution in [0.4, 0.5) is 0 Å². The fraction of sp³-hybridized carbons (Fsp3) is 0.667. The van der Waals surface area contributed by atoms with E-state index < -0.39 is 0 Å². The fourth-order valence-corrected chi connectivity index (χ4v) is 1.69. The van der Waals surface area contributed by atoms with Crippen molar-refractivity contribution in [3.63, 3.8) is 0 Å². The van der Waals surface area contributed by atoms with Crippen molar-refractivity contribution in [3.05, 3.63) is 24.3 Å². The molecule has 2 nitrogen and oxygen atoms in total. The molecular formula is C12H22N2. The smallest absolute Gasteiger partial charge is 0.00160 e. The highest BCUT2D eigenvalue weighted by molar-refractivity contribution is 5.02. The Bertz CT molecular complexity index is 185. The van der Waals surface area contributed by atoms with Gasteiger partial charge in [-0.2, -0.15) is 0 Å². The lowest BCUT2D eigenvalue weighted by atomic mass is 10.2. The molecule has 0 atom stereocenters. The van der Waals surface area contributed by atoms with Crippen LogP contribution in [-0.2, 0) is 0 Å².